The lowest BCUT2D eigenvalue weighted by atomic mass is 10.0. The molecule has 2 nitrogen and oxygen atoms in total. The van der Waals surface area contributed by atoms with E-state index in [0.29, 0.717) is 6.04 Å². The van der Waals surface area contributed by atoms with Crippen LogP contribution in [0.4, 0.5) is 0 Å². The van der Waals surface area contributed by atoms with Gasteiger partial charge in [-0.25, -0.2) is 0 Å². The maximum Gasteiger partial charge on any atom is 0.119 e. The highest BCUT2D eigenvalue weighted by Gasteiger charge is 2.10. The van der Waals surface area contributed by atoms with Gasteiger partial charge in [0.05, 0.1) is 0 Å². The predicted octanol–water partition coefficient (Wildman–Crippen LogP) is 3.82. The molecule has 0 radical (unpaired) electrons. The molecule has 0 amide bonds. The van der Waals surface area contributed by atoms with Gasteiger partial charge in [-0.3, -0.25) is 0 Å². The van der Waals surface area contributed by atoms with Crippen molar-refractivity contribution in [3.05, 3.63) is 30.3 Å². The van der Waals surface area contributed by atoms with Crippen LogP contribution in [0.2, 0.25) is 0 Å². The molecule has 0 unspecified atom stereocenters. The van der Waals surface area contributed by atoms with Gasteiger partial charge < -0.3 is 9.64 Å². The molecule has 0 fully saturated rings. The van der Waals surface area contributed by atoms with Crippen molar-refractivity contribution in [3.8, 4) is 5.75 Å². The van der Waals surface area contributed by atoms with Crippen molar-refractivity contribution in [3.63, 3.8) is 0 Å². The molecule has 2 heteroatoms. The van der Waals surface area contributed by atoms with E-state index in [1.165, 1.54) is 12.8 Å². The quantitative estimate of drug-likeness (QED) is 0.694. The standard InChI is InChI=1S/C16H27NO/c1-5-14(2)11-12-17(4)15(3)13-18-16-9-7-6-8-10-16/h6-10,14-15H,5,11-13H2,1-4H3/t14-,15-/m0/s1. The maximum absolute atomic E-state index is 5.78. The second kappa shape index (κ2) is 8.15. The average Bonchev–Trinajstić information content (AvgIpc) is 2.42. The zero-order chi connectivity index (χ0) is 13.4. The van der Waals surface area contributed by atoms with E-state index in [4.69, 9.17) is 4.74 Å². The van der Waals surface area contributed by atoms with Gasteiger partial charge in [-0.1, -0.05) is 38.5 Å². The van der Waals surface area contributed by atoms with Crippen LogP contribution in [-0.4, -0.2) is 31.1 Å². The van der Waals surface area contributed by atoms with Crippen molar-refractivity contribution < 1.29 is 4.74 Å². The van der Waals surface area contributed by atoms with E-state index in [9.17, 15) is 0 Å². The molecule has 0 aliphatic rings. The molecule has 0 aliphatic heterocycles. The Morgan fingerprint density at radius 1 is 1.17 bits per heavy atom. The summed E-state index contributed by atoms with van der Waals surface area (Å²) in [6, 6.07) is 10.5. The van der Waals surface area contributed by atoms with Gasteiger partial charge in [0.2, 0.25) is 0 Å². The van der Waals surface area contributed by atoms with Gasteiger partial charge in [0.25, 0.3) is 0 Å². The Labute approximate surface area is 112 Å². The number of likely N-dealkylation sites (N-methyl/N-ethyl adjacent to an activating group) is 1. The van der Waals surface area contributed by atoms with E-state index < -0.39 is 0 Å². The first-order valence-corrected chi connectivity index (χ1v) is 7.01. The summed E-state index contributed by atoms with van der Waals surface area (Å²) >= 11 is 0. The summed E-state index contributed by atoms with van der Waals surface area (Å²) in [7, 11) is 2.18. The Balaban J connectivity index is 2.25. The summed E-state index contributed by atoms with van der Waals surface area (Å²) < 4.78 is 5.78. The lowest BCUT2D eigenvalue weighted by Gasteiger charge is -2.25. The summed E-state index contributed by atoms with van der Waals surface area (Å²) in [4.78, 5) is 2.38. The van der Waals surface area contributed by atoms with Crippen LogP contribution in [0.25, 0.3) is 0 Å². The molecule has 0 aromatic heterocycles. The number of hydrogen-bond donors (Lipinski definition) is 0. The SMILES string of the molecule is CC[C@H](C)CCN(C)[C@@H](C)COc1ccccc1. The molecular formula is C16H27NO. The smallest absolute Gasteiger partial charge is 0.119 e. The fourth-order valence-corrected chi connectivity index (χ4v) is 1.71. The third-order valence-electron chi connectivity index (χ3n) is 3.66. The molecule has 2 atom stereocenters. The molecule has 0 saturated heterocycles. The zero-order valence-electron chi connectivity index (χ0n) is 12.2. The molecule has 0 saturated carbocycles. The highest BCUT2D eigenvalue weighted by Crippen LogP contribution is 2.11. The lowest BCUT2D eigenvalue weighted by molar-refractivity contribution is 0.166. The molecular weight excluding hydrogens is 222 g/mol. The van der Waals surface area contributed by atoms with Crippen LogP contribution in [0.3, 0.4) is 0 Å². The van der Waals surface area contributed by atoms with Crippen LogP contribution >= 0.6 is 0 Å². The average molecular weight is 249 g/mol. The first-order valence-electron chi connectivity index (χ1n) is 7.01. The molecule has 1 rings (SSSR count). The third kappa shape index (κ3) is 5.54. The Morgan fingerprint density at radius 3 is 2.44 bits per heavy atom. The minimum Gasteiger partial charge on any atom is -0.492 e. The summed E-state index contributed by atoms with van der Waals surface area (Å²) in [6.45, 7) is 8.69. The number of rotatable bonds is 8. The summed E-state index contributed by atoms with van der Waals surface area (Å²) in [6.07, 6.45) is 2.53. The van der Waals surface area contributed by atoms with Crippen LogP contribution in [-0.2, 0) is 0 Å². The van der Waals surface area contributed by atoms with Crippen molar-refractivity contribution in [2.45, 2.75) is 39.7 Å². The Morgan fingerprint density at radius 2 is 1.83 bits per heavy atom. The predicted molar refractivity (Wildman–Crippen MR) is 78.1 cm³/mol. The van der Waals surface area contributed by atoms with E-state index in [2.05, 4.69) is 32.7 Å². The van der Waals surface area contributed by atoms with Crippen molar-refractivity contribution >= 4 is 0 Å². The van der Waals surface area contributed by atoms with Gasteiger partial charge in [-0.2, -0.15) is 0 Å². The Hall–Kier alpha value is -1.02. The topological polar surface area (TPSA) is 12.5 Å². The van der Waals surface area contributed by atoms with E-state index >= 15 is 0 Å². The molecule has 0 N–H and O–H groups in total. The first kappa shape index (κ1) is 15.0. The number of para-hydroxylation sites is 1. The van der Waals surface area contributed by atoms with Gasteiger partial charge >= 0.3 is 0 Å². The van der Waals surface area contributed by atoms with E-state index in [1.807, 2.05) is 30.3 Å². The van der Waals surface area contributed by atoms with Gasteiger partial charge in [0.15, 0.2) is 0 Å². The Bertz CT molecular complexity index is 312. The van der Waals surface area contributed by atoms with Crippen molar-refractivity contribution in [2.24, 2.45) is 5.92 Å². The second-order valence-corrected chi connectivity index (χ2v) is 5.26. The normalized spacial score (nSPS) is 14.5. The molecule has 0 aliphatic carbocycles. The van der Waals surface area contributed by atoms with Gasteiger partial charge in [-0.15, -0.1) is 0 Å². The van der Waals surface area contributed by atoms with E-state index in [0.717, 1.165) is 24.8 Å². The summed E-state index contributed by atoms with van der Waals surface area (Å²) in [5.41, 5.74) is 0. The summed E-state index contributed by atoms with van der Waals surface area (Å²) in [5, 5.41) is 0. The van der Waals surface area contributed by atoms with Crippen molar-refractivity contribution in [1.29, 1.82) is 0 Å². The van der Waals surface area contributed by atoms with Crippen LogP contribution in [0, 0.1) is 5.92 Å². The molecule has 0 heterocycles. The molecule has 0 bridgehead atoms. The highest BCUT2D eigenvalue weighted by molar-refractivity contribution is 5.20. The van der Waals surface area contributed by atoms with Crippen LogP contribution in [0.5, 0.6) is 5.75 Å². The molecule has 18 heavy (non-hydrogen) atoms. The van der Waals surface area contributed by atoms with Crippen LogP contribution < -0.4 is 4.74 Å². The number of nitrogens with zero attached hydrogens (tertiary/aromatic N) is 1. The van der Waals surface area contributed by atoms with Crippen molar-refractivity contribution in [2.75, 3.05) is 20.2 Å². The molecule has 1 aromatic carbocycles. The first-order chi connectivity index (χ1) is 8.63. The third-order valence-corrected chi connectivity index (χ3v) is 3.66. The van der Waals surface area contributed by atoms with Crippen LogP contribution in [0.1, 0.15) is 33.6 Å². The largest absolute Gasteiger partial charge is 0.492 e. The summed E-state index contributed by atoms with van der Waals surface area (Å²) in [5.74, 6) is 1.77. The van der Waals surface area contributed by atoms with Gasteiger partial charge in [0.1, 0.15) is 12.4 Å². The minimum atomic E-state index is 0.453. The second-order valence-electron chi connectivity index (χ2n) is 5.26. The molecule has 102 valence electrons. The van der Waals surface area contributed by atoms with Gasteiger partial charge in [0, 0.05) is 6.04 Å². The van der Waals surface area contributed by atoms with E-state index in [1.54, 1.807) is 0 Å². The molecule has 1 aromatic rings. The maximum atomic E-state index is 5.78. The van der Waals surface area contributed by atoms with Crippen molar-refractivity contribution in [1.82, 2.24) is 4.90 Å². The number of ether oxygens (including phenoxy) is 1. The fraction of sp³-hybridized carbons (Fsp3) is 0.625. The van der Waals surface area contributed by atoms with E-state index in [-0.39, 0.29) is 0 Å². The minimum absolute atomic E-state index is 0.453. The fourth-order valence-electron chi connectivity index (χ4n) is 1.71. The highest BCUT2D eigenvalue weighted by atomic mass is 16.5. The number of benzene rings is 1. The zero-order valence-corrected chi connectivity index (χ0v) is 12.2. The molecule has 0 spiro atoms. The van der Waals surface area contributed by atoms with Crippen LogP contribution in [0.15, 0.2) is 30.3 Å². The monoisotopic (exact) mass is 249 g/mol. The lowest BCUT2D eigenvalue weighted by Crippen LogP contribution is -2.35. The number of hydrogen-bond acceptors (Lipinski definition) is 2. The van der Waals surface area contributed by atoms with Gasteiger partial charge in [-0.05, 0) is 45.0 Å². The Kier molecular flexibility index (Phi) is 6.81.